The van der Waals surface area contributed by atoms with Crippen LogP contribution >= 0.6 is 11.3 Å². The van der Waals surface area contributed by atoms with E-state index < -0.39 is 6.03 Å². The van der Waals surface area contributed by atoms with Crippen molar-refractivity contribution < 1.29 is 14.4 Å². The van der Waals surface area contributed by atoms with Gasteiger partial charge in [-0.1, -0.05) is 23.5 Å². The molecule has 0 atom stereocenters. The van der Waals surface area contributed by atoms with E-state index in [0.29, 0.717) is 10.7 Å². The van der Waals surface area contributed by atoms with Crippen LogP contribution in [0.2, 0.25) is 0 Å². The zero-order chi connectivity index (χ0) is 19.0. The molecule has 0 unspecified atom stereocenters. The number of urea groups is 1. The second kappa shape index (κ2) is 6.76. The third-order valence-corrected chi connectivity index (χ3v) is 4.99. The minimum atomic E-state index is -0.401. The Morgan fingerprint density at radius 1 is 1.30 bits per heavy atom. The number of hydrogen-bond acceptors (Lipinski definition) is 6. The zero-order valence-electron chi connectivity index (χ0n) is 14.4. The molecule has 1 aliphatic heterocycles. The number of aryl methyl sites for hydroxylation is 1. The number of imide groups is 1. The molecule has 0 radical (unpaired) electrons. The number of anilines is 1. The second-order valence-corrected chi connectivity index (χ2v) is 7.12. The van der Waals surface area contributed by atoms with Crippen LogP contribution in [0.4, 0.5) is 9.93 Å². The van der Waals surface area contributed by atoms with Crippen LogP contribution in [0.3, 0.4) is 0 Å². The SMILES string of the molecule is Cc1cnc2sc(NC(=O)c3ccc(CN4C(=O)CNC4=O)cc3)nc2c1. The minimum Gasteiger partial charge on any atom is -0.329 e. The minimum absolute atomic E-state index is 0.0237. The average Bonchev–Trinajstić information content (AvgIpc) is 3.19. The number of pyridine rings is 1. The van der Waals surface area contributed by atoms with Crippen LogP contribution in [0.1, 0.15) is 21.5 Å². The maximum atomic E-state index is 12.4. The van der Waals surface area contributed by atoms with Gasteiger partial charge in [-0.2, -0.15) is 0 Å². The fourth-order valence-corrected chi connectivity index (χ4v) is 3.49. The number of carbonyl (C=O) groups excluding carboxylic acids is 3. The first kappa shape index (κ1) is 17.1. The fraction of sp³-hybridized carbons (Fsp3) is 0.167. The molecular formula is C18H15N5O3S. The third kappa shape index (κ3) is 3.49. The summed E-state index contributed by atoms with van der Waals surface area (Å²) in [4.78, 5) is 46.2. The Kier molecular flexibility index (Phi) is 4.28. The van der Waals surface area contributed by atoms with E-state index in [9.17, 15) is 14.4 Å². The van der Waals surface area contributed by atoms with E-state index in [-0.39, 0.29) is 24.9 Å². The molecule has 136 valence electrons. The topological polar surface area (TPSA) is 104 Å². The van der Waals surface area contributed by atoms with Gasteiger partial charge < -0.3 is 5.32 Å². The van der Waals surface area contributed by atoms with Crippen LogP contribution in [-0.4, -0.2) is 39.3 Å². The Labute approximate surface area is 158 Å². The molecule has 8 nitrogen and oxygen atoms in total. The number of nitrogens with zero attached hydrogens (tertiary/aromatic N) is 3. The van der Waals surface area contributed by atoms with E-state index in [0.717, 1.165) is 26.4 Å². The van der Waals surface area contributed by atoms with E-state index in [1.54, 1.807) is 30.5 Å². The molecule has 2 aromatic heterocycles. The van der Waals surface area contributed by atoms with Crippen molar-refractivity contribution in [2.45, 2.75) is 13.5 Å². The summed E-state index contributed by atoms with van der Waals surface area (Å²) in [5.41, 5.74) is 2.97. The van der Waals surface area contributed by atoms with Crippen molar-refractivity contribution in [3.63, 3.8) is 0 Å². The van der Waals surface area contributed by atoms with Gasteiger partial charge in [-0.15, -0.1) is 0 Å². The van der Waals surface area contributed by atoms with Gasteiger partial charge in [-0.3, -0.25) is 19.8 Å². The standard InChI is InChI=1S/C18H15N5O3S/c1-10-6-13-16(19-7-10)27-17(21-13)22-15(25)12-4-2-11(3-5-12)9-23-14(24)8-20-18(23)26/h2-7H,8-9H2,1H3,(H,20,26)(H,21,22,25). The van der Waals surface area contributed by atoms with Gasteiger partial charge in [0.1, 0.15) is 10.3 Å². The summed E-state index contributed by atoms with van der Waals surface area (Å²) in [5.74, 6) is -0.547. The van der Waals surface area contributed by atoms with Crippen LogP contribution < -0.4 is 10.6 Å². The quantitative estimate of drug-likeness (QED) is 0.675. The predicted octanol–water partition coefficient (Wildman–Crippen LogP) is 2.30. The Bertz CT molecular complexity index is 1040. The Balaban J connectivity index is 1.45. The van der Waals surface area contributed by atoms with E-state index >= 15 is 0 Å². The lowest BCUT2D eigenvalue weighted by Gasteiger charge is -2.12. The van der Waals surface area contributed by atoms with Crippen molar-refractivity contribution in [1.82, 2.24) is 20.2 Å². The summed E-state index contributed by atoms with van der Waals surface area (Å²) in [6.07, 6.45) is 1.76. The summed E-state index contributed by atoms with van der Waals surface area (Å²) in [7, 11) is 0. The normalized spacial score (nSPS) is 13.9. The second-order valence-electron chi connectivity index (χ2n) is 6.15. The average molecular weight is 381 g/mol. The van der Waals surface area contributed by atoms with E-state index in [1.807, 2.05) is 13.0 Å². The Morgan fingerprint density at radius 2 is 2.07 bits per heavy atom. The summed E-state index contributed by atoms with van der Waals surface area (Å²) in [5, 5.41) is 5.73. The van der Waals surface area contributed by atoms with Crippen molar-refractivity contribution in [3.8, 4) is 0 Å². The maximum Gasteiger partial charge on any atom is 0.324 e. The predicted molar refractivity (Wildman–Crippen MR) is 100 cm³/mol. The molecular weight excluding hydrogens is 366 g/mol. The van der Waals surface area contributed by atoms with Crippen molar-refractivity contribution in [1.29, 1.82) is 0 Å². The highest BCUT2D eigenvalue weighted by Gasteiger charge is 2.28. The molecule has 0 spiro atoms. The zero-order valence-corrected chi connectivity index (χ0v) is 15.2. The van der Waals surface area contributed by atoms with Gasteiger partial charge in [0, 0.05) is 11.8 Å². The number of benzene rings is 1. The van der Waals surface area contributed by atoms with Gasteiger partial charge in [0.15, 0.2) is 5.13 Å². The summed E-state index contributed by atoms with van der Waals surface area (Å²) in [6, 6.07) is 8.26. The maximum absolute atomic E-state index is 12.4. The van der Waals surface area contributed by atoms with Gasteiger partial charge in [0.25, 0.3) is 5.91 Å². The number of aromatic nitrogens is 2. The van der Waals surface area contributed by atoms with Gasteiger partial charge in [-0.05, 0) is 36.2 Å². The molecule has 2 N–H and O–H groups in total. The molecule has 1 saturated heterocycles. The lowest BCUT2D eigenvalue weighted by molar-refractivity contribution is -0.125. The molecule has 1 aliphatic rings. The number of nitrogens with one attached hydrogen (secondary N) is 2. The smallest absolute Gasteiger partial charge is 0.324 e. The third-order valence-electron chi connectivity index (χ3n) is 4.10. The monoisotopic (exact) mass is 381 g/mol. The van der Waals surface area contributed by atoms with Crippen molar-refractivity contribution >= 4 is 44.7 Å². The summed E-state index contributed by atoms with van der Waals surface area (Å²) in [6.45, 7) is 2.14. The van der Waals surface area contributed by atoms with Gasteiger partial charge in [-0.25, -0.2) is 14.8 Å². The number of amides is 4. The molecule has 27 heavy (non-hydrogen) atoms. The molecule has 1 fully saturated rings. The molecule has 4 rings (SSSR count). The van der Waals surface area contributed by atoms with Gasteiger partial charge in [0.2, 0.25) is 5.91 Å². The first-order chi connectivity index (χ1) is 13.0. The van der Waals surface area contributed by atoms with E-state index in [2.05, 4.69) is 20.6 Å². The molecule has 3 heterocycles. The highest BCUT2D eigenvalue weighted by atomic mass is 32.1. The number of thiazole rings is 1. The fourth-order valence-electron chi connectivity index (χ4n) is 2.71. The first-order valence-electron chi connectivity index (χ1n) is 8.21. The molecule has 0 bridgehead atoms. The van der Waals surface area contributed by atoms with Crippen LogP contribution in [-0.2, 0) is 11.3 Å². The Hall–Kier alpha value is -3.33. The molecule has 9 heteroatoms. The van der Waals surface area contributed by atoms with Crippen molar-refractivity contribution in [3.05, 3.63) is 53.2 Å². The van der Waals surface area contributed by atoms with Gasteiger partial charge >= 0.3 is 6.03 Å². The van der Waals surface area contributed by atoms with Crippen LogP contribution in [0.25, 0.3) is 10.3 Å². The van der Waals surface area contributed by atoms with E-state index in [1.165, 1.54) is 11.3 Å². The van der Waals surface area contributed by atoms with Crippen LogP contribution in [0.15, 0.2) is 36.5 Å². The number of rotatable bonds is 4. The molecule has 3 aromatic rings. The lowest BCUT2D eigenvalue weighted by Crippen LogP contribution is -2.30. The molecule has 0 saturated carbocycles. The molecule has 0 aliphatic carbocycles. The number of hydrogen-bond donors (Lipinski definition) is 2. The Morgan fingerprint density at radius 3 is 2.78 bits per heavy atom. The van der Waals surface area contributed by atoms with Crippen LogP contribution in [0.5, 0.6) is 0 Å². The first-order valence-corrected chi connectivity index (χ1v) is 9.03. The van der Waals surface area contributed by atoms with Gasteiger partial charge in [0.05, 0.1) is 13.1 Å². The highest BCUT2D eigenvalue weighted by molar-refractivity contribution is 7.21. The summed E-state index contributed by atoms with van der Waals surface area (Å²) < 4.78 is 0. The molecule has 1 aromatic carbocycles. The number of carbonyl (C=O) groups is 3. The summed E-state index contributed by atoms with van der Waals surface area (Å²) >= 11 is 1.31. The molecule has 4 amide bonds. The number of fused-ring (bicyclic) bond motifs is 1. The lowest BCUT2D eigenvalue weighted by atomic mass is 10.1. The van der Waals surface area contributed by atoms with Crippen LogP contribution in [0, 0.1) is 6.92 Å². The largest absolute Gasteiger partial charge is 0.329 e. The van der Waals surface area contributed by atoms with Crippen molar-refractivity contribution in [2.75, 3.05) is 11.9 Å². The van der Waals surface area contributed by atoms with E-state index in [4.69, 9.17) is 0 Å². The highest BCUT2D eigenvalue weighted by Crippen LogP contribution is 2.25. The van der Waals surface area contributed by atoms with Crippen molar-refractivity contribution in [2.24, 2.45) is 0 Å².